The average Bonchev–Trinajstić information content (AvgIpc) is 2.98. The van der Waals surface area contributed by atoms with Crippen LogP contribution in [0.5, 0.6) is 0 Å². The number of ether oxygens (including phenoxy) is 1. The summed E-state index contributed by atoms with van der Waals surface area (Å²) in [4.78, 5) is 33.6. The van der Waals surface area contributed by atoms with Crippen molar-refractivity contribution in [1.29, 1.82) is 0 Å². The third-order valence-corrected chi connectivity index (χ3v) is 8.30. The van der Waals surface area contributed by atoms with Gasteiger partial charge in [-0.2, -0.15) is 0 Å². The minimum Gasteiger partial charge on any atom is -0.467 e. The van der Waals surface area contributed by atoms with E-state index in [1.165, 1.54) is 37.6 Å². The predicted octanol–water partition coefficient (Wildman–Crippen LogP) is 4.98. The molecule has 1 heterocycles. The zero-order valence-corrected chi connectivity index (χ0v) is 24.5. The number of sulfone groups is 1. The van der Waals surface area contributed by atoms with Crippen LogP contribution in [0.3, 0.4) is 0 Å². The van der Waals surface area contributed by atoms with E-state index < -0.39 is 27.8 Å². The summed E-state index contributed by atoms with van der Waals surface area (Å²) in [7, 11) is -2.75. The Bertz CT molecular complexity index is 1710. The molecular weight excluding hydrogens is 601 g/mol. The summed E-state index contributed by atoms with van der Waals surface area (Å²) in [6, 6.07) is 21.3. The number of benzene rings is 3. The molecule has 4 aromatic rings. The summed E-state index contributed by atoms with van der Waals surface area (Å²) in [5.41, 5.74) is 7.50. The molecule has 216 valence electrons. The standard InChI is InChI=1S/C29H25Cl2N5O5S/c1-41-28(38)24(17-18-12-14-19(15-13-18)34-26(37)25-21(30)9-5-10-22(25)31)36-29(32)35-23-11-6-16-33-27(23)42(39,40)20-7-3-2-4-8-20/h2-16,24H,17H2,1H3,(H,34,37)(H3,32,35,36)/t24-/m0/s1. The normalized spacial score (nSPS) is 12.3. The Hall–Kier alpha value is -4.45. The molecule has 0 unspecified atom stereocenters. The van der Waals surface area contributed by atoms with E-state index in [1.807, 2.05) is 0 Å². The number of guanidine groups is 1. The maximum Gasteiger partial charge on any atom is 0.331 e. The molecule has 1 atom stereocenters. The molecule has 3 aromatic carbocycles. The lowest BCUT2D eigenvalue weighted by Gasteiger charge is -2.15. The first-order valence-corrected chi connectivity index (χ1v) is 14.6. The van der Waals surface area contributed by atoms with Crippen LogP contribution in [0.4, 0.5) is 11.4 Å². The number of carbonyl (C=O) groups is 2. The van der Waals surface area contributed by atoms with Crippen molar-refractivity contribution in [2.75, 3.05) is 17.7 Å². The van der Waals surface area contributed by atoms with Gasteiger partial charge in [-0.3, -0.25) is 4.79 Å². The summed E-state index contributed by atoms with van der Waals surface area (Å²) in [5.74, 6) is -1.35. The summed E-state index contributed by atoms with van der Waals surface area (Å²) < 4.78 is 31.2. The van der Waals surface area contributed by atoms with Gasteiger partial charge >= 0.3 is 5.97 Å². The predicted molar refractivity (Wildman–Crippen MR) is 162 cm³/mol. The summed E-state index contributed by atoms with van der Waals surface area (Å²) in [6.07, 6.45) is 1.45. The Labute approximate surface area is 252 Å². The molecule has 0 aliphatic rings. The van der Waals surface area contributed by atoms with Crippen molar-refractivity contribution < 1.29 is 22.7 Å². The highest BCUT2D eigenvalue weighted by Gasteiger charge is 2.24. The van der Waals surface area contributed by atoms with E-state index in [-0.39, 0.29) is 43.6 Å². The fourth-order valence-corrected chi connectivity index (χ4v) is 5.84. The minimum atomic E-state index is -3.97. The number of hydrogen-bond donors (Lipinski definition) is 3. The van der Waals surface area contributed by atoms with Crippen molar-refractivity contribution in [3.63, 3.8) is 0 Å². The first-order chi connectivity index (χ1) is 20.1. The van der Waals surface area contributed by atoms with Crippen molar-refractivity contribution >= 4 is 62.2 Å². The van der Waals surface area contributed by atoms with Crippen LogP contribution < -0.4 is 16.4 Å². The third-order valence-electron chi connectivity index (χ3n) is 5.94. The van der Waals surface area contributed by atoms with Crippen LogP contribution in [-0.4, -0.2) is 44.4 Å². The van der Waals surface area contributed by atoms with Crippen molar-refractivity contribution in [2.45, 2.75) is 22.4 Å². The van der Waals surface area contributed by atoms with Gasteiger partial charge in [0, 0.05) is 18.3 Å². The number of anilines is 2. The van der Waals surface area contributed by atoms with E-state index in [1.54, 1.807) is 60.7 Å². The van der Waals surface area contributed by atoms with Gasteiger partial charge in [-0.25, -0.2) is 23.2 Å². The van der Waals surface area contributed by atoms with E-state index >= 15 is 0 Å². The monoisotopic (exact) mass is 625 g/mol. The molecule has 0 aliphatic heterocycles. The van der Waals surface area contributed by atoms with Crippen molar-refractivity contribution in [1.82, 2.24) is 4.98 Å². The number of methoxy groups -OCH3 is 1. The molecule has 4 N–H and O–H groups in total. The topological polar surface area (TPSA) is 153 Å². The first kappa shape index (κ1) is 30.5. The van der Waals surface area contributed by atoms with Crippen molar-refractivity contribution in [3.8, 4) is 0 Å². The fraction of sp³-hybridized carbons (Fsp3) is 0.103. The third kappa shape index (κ3) is 7.24. The molecule has 0 fully saturated rings. The molecule has 1 amide bonds. The zero-order chi connectivity index (χ0) is 30.3. The van der Waals surface area contributed by atoms with Crippen molar-refractivity contribution in [3.05, 3.63) is 112 Å². The number of nitrogens with two attached hydrogens (primary N) is 1. The number of rotatable bonds is 9. The highest BCUT2D eigenvalue weighted by atomic mass is 35.5. The number of hydrogen-bond acceptors (Lipinski definition) is 7. The van der Waals surface area contributed by atoms with Crippen LogP contribution in [0.25, 0.3) is 0 Å². The molecule has 13 heteroatoms. The number of halogens is 2. The second kappa shape index (κ2) is 13.5. The largest absolute Gasteiger partial charge is 0.467 e. The number of esters is 1. The molecule has 0 saturated carbocycles. The average molecular weight is 627 g/mol. The second-order valence-corrected chi connectivity index (χ2v) is 11.5. The number of pyridine rings is 1. The van der Waals surface area contributed by atoms with Gasteiger partial charge in [-0.1, -0.05) is 59.6 Å². The molecule has 0 radical (unpaired) electrons. The van der Waals surface area contributed by atoms with Gasteiger partial charge in [-0.05, 0) is 54.1 Å². The maximum atomic E-state index is 13.2. The summed E-state index contributed by atoms with van der Waals surface area (Å²) in [5, 5.41) is 5.67. The first-order valence-electron chi connectivity index (χ1n) is 12.4. The fourth-order valence-electron chi connectivity index (χ4n) is 3.92. The Kier molecular flexibility index (Phi) is 9.79. The number of nitrogens with zero attached hydrogens (tertiary/aromatic N) is 2. The summed E-state index contributed by atoms with van der Waals surface area (Å²) >= 11 is 12.2. The van der Waals surface area contributed by atoms with E-state index in [2.05, 4.69) is 20.6 Å². The highest BCUT2D eigenvalue weighted by Crippen LogP contribution is 2.27. The molecule has 0 bridgehead atoms. The molecule has 0 spiro atoms. The van der Waals surface area contributed by atoms with Crippen LogP contribution in [0.2, 0.25) is 10.0 Å². The van der Waals surface area contributed by atoms with E-state index in [9.17, 15) is 18.0 Å². The maximum absolute atomic E-state index is 13.2. The van der Waals surface area contributed by atoms with E-state index in [0.717, 1.165) is 0 Å². The number of nitrogens with one attached hydrogen (secondary N) is 2. The molecule has 4 rings (SSSR count). The smallest absolute Gasteiger partial charge is 0.331 e. The molecule has 10 nitrogen and oxygen atoms in total. The SMILES string of the molecule is COC(=O)[C@H](Cc1ccc(NC(=O)c2c(Cl)cccc2Cl)cc1)N=C(N)Nc1cccnc1S(=O)(=O)c1ccccc1. The van der Waals surface area contributed by atoms with Gasteiger partial charge in [0.05, 0.1) is 33.3 Å². The Morgan fingerprint density at radius 1 is 0.929 bits per heavy atom. The van der Waals surface area contributed by atoms with Gasteiger partial charge in [0.25, 0.3) is 5.91 Å². The molecule has 42 heavy (non-hydrogen) atoms. The molecular formula is C29H25Cl2N5O5S. The van der Waals surface area contributed by atoms with Crippen LogP contribution in [0.1, 0.15) is 15.9 Å². The molecule has 0 aliphatic carbocycles. The Morgan fingerprint density at radius 2 is 1.60 bits per heavy atom. The van der Waals surface area contributed by atoms with Gasteiger partial charge < -0.3 is 21.1 Å². The molecule has 0 saturated heterocycles. The lowest BCUT2D eigenvalue weighted by molar-refractivity contribution is -0.142. The molecule has 1 aromatic heterocycles. The lowest BCUT2D eigenvalue weighted by Crippen LogP contribution is -2.31. The minimum absolute atomic E-state index is 0.0595. The number of aliphatic imine (C=N–C) groups is 1. The van der Waals surface area contributed by atoms with Crippen LogP contribution in [-0.2, 0) is 25.8 Å². The highest BCUT2D eigenvalue weighted by molar-refractivity contribution is 7.91. The van der Waals surface area contributed by atoms with Gasteiger partial charge in [0.2, 0.25) is 9.84 Å². The Morgan fingerprint density at radius 3 is 2.24 bits per heavy atom. The quantitative estimate of drug-likeness (QED) is 0.134. The van der Waals surface area contributed by atoms with Gasteiger partial charge in [-0.15, -0.1) is 0 Å². The Balaban J connectivity index is 1.51. The van der Waals surface area contributed by atoms with E-state index in [0.29, 0.717) is 11.3 Å². The number of carbonyl (C=O) groups excluding carboxylic acids is 2. The zero-order valence-electron chi connectivity index (χ0n) is 22.1. The van der Waals surface area contributed by atoms with Gasteiger partial charge in [0.1, 0.15) is 0 Å². The number of aromatic nitrogens is 1. The van der Waals surface area contributed by atoms with Crippen molar-refractivity contribution in [2.24, 2.45) is 10.7 Å². The van der Waals surface area contributed by atoms with Crippen LogP contribution >= 0.6 is 23.2 Å². The lowest BCUT2D eigenvalue weighted by atomic mass is 10.1. The van der Waals surface area contributed by atoms with Crippen LogP contribution in [0.15, 0.2) is 106 Å². The van der Waals surface area contributed by atoms with Crippen LogP contribution in [0, 0.1) is 0 Å². The second-order valence-electron chi connectivity index (χ2n) is 8.80. The number of amides is 1. The van der Waals surface area contributed by atoms with E-state index in [4.69, 9.17) is 33.7 Å². The van der Waals surface area contributed by atoms with Gasteiger partial charge in [0.15, 0.2) is 17.0 Å². The summed E-state index contributed by atoms with van der Waals surface area (Å²) in [6.45, 7) is 0.